The van der Waals surface area contributed by atoms with Gasteiger partial charge in [0.15, 0.2) is 12.0 Å². The van der Waals surface area contributed by atoms with Crippen LogP contribution in [0.3, 0.4) is 0 Å². The molecule has 160 valence electrons. The second-order valence-corrected chi connectivity index (χ2v) is 6.63. The van der Waals surface area contributed by atoms with Crippen molar-refractivity contribution in [2.75, 3.05) is 12.4 Å². The first-order valence-electron chi connectivity index (χ1n) is 9.25. The number of halogens is 3. The molecule has 0 aliphatic carbocycles. The lowest BCUT2D eigenvalue weighted by molar-refractivity contribution is -0.137. The molecule has 0 radical (unpaired) electrons. The van der Waals surface area contributed by atoms with Crippen LogP contribution in [-0.4, -0.2) is 46.5 Å². The van der Waals surface area contributed by atoms with Gasteiger partial charge in [-0.05, 0) is 44.2 Å². The van der Waals surface area contributed by atoms with Crippen LogP contribution in [0.2, 0.25) is 0 Å². The fourth-order valence-corrected chi connectivity index (χ4v) is 2.88. The Morgan fingerprint density at radius 2 is 1.84 bits per heavy atom. The summed E-state index contributed by atoms with van der Waals surface area (Å²) in [5.74, 6) is -0.226. The molecule has 1 atom stereocenters. The highest BCUT2D eigenvalue weighted by atomic mass is 19.4. The van der Waals surface area contributed by atoms with E-state index in [1.807, 2.05) is 0 Å². The lowest BCUT2D eigenvalue weighted by Gasteiger charge is -2.12. The highest BCUT2D eigenvalue weighted by molar-refractivity contribution is 6.69. The number of alkyl halides is 3. The summed E-state index contributed by atoms with van der Waals surface area (Å²) in [7, 11) is 1.40. The van der Waals surface area contributed by atoms with Gasteiger partial charge in [0.1, 0.15) is 5.71 Å². The number of aromatic nitrogens is 2. The summed E-state index contributed by atoms with van der Waals surface area (Å²) in [4.78, 5) is 24.9. The van der Waals surface area contributed by atoms with Crippen LogP contribution in [0.5, 0.6) is 0 Å². The molecule has 1 aromatic heterocycles. The van der Waals surface area contributed by atoms with E-state index in [9.17, 15) is 18.0 Å². The number of benzene rings is 1. The number of hydrogen-bond acceptors (Lipinski definition) is 6. The first kappa shape index (κ1) is 22.0. The van der Waals surface area contributed by atoms with Crippen LogP contribution in [0, 0.1) is 6.92 Å². The third-order valence-corrected chi connectivity index (χ3v) is 4.36. The van der Waals surface area contributed by atoms with Crippen LogP contribution < -0.4 is 5.32 Å². The number of nitrogens with one attached hydrogen (secondary N) is 1. The van der Waals surface area contributed by atoms with Gasteiger partial charge in [-0.2, -0.15) is 18.3 Å². The largest absolute Gasteiger partial charge is 0.417 e. The van der Waals surface area contributed by atoms with Crippen molar-refractivity contribution < 1.29 is 18.0 Å². The number of carbonyl (C=O) groups is 1. The van der Waals surface area contributed by atoms with Crippen LogP contribution in [0.15, 0.2) is 63.5 Å². The average Bonchev–Trinajstić information content (AvgIpc) is 3.10. The van der Waals surface area contributed by atoms with Crippen molar-refractivity contribution >= 4 is 28.9 Å². The zero-order valence-corrected chi connectivity index (χ0v) is 17.0. The Balaban J connectivity index is 1.78. The fraction of sp³-hybridized carbons (Fsp3) is 0.238. The number of rotatable bonds is 5. The quantitative estimate of drug-likeness (QED) is 0.737. The van der Waals surface area contributed by atoms with Crippen LogP contribution in [-0.2, 0) is 11.0 Å². The summed E-state index contributed by atoms with van der Waals surface area (Å²) >= 11 is 0. The number of nitrogens with zero attached hydrogens (tertiary/aromatic N) is 5. The van der Waals surface area contributed by atoms with Crippen LogP contribution in [0.1, 0.15) is 23.7 Å². The molecule has 31 heavy (non-hydrogen) atoms. The summed E-state index contributed by atoms with van der Waals surface area (Å²) in [6, 6.07) is 8.50. The molecule has 2 aromatic rings. The van der Waals surface area contributed by atoms with E-state index in [-0.39, 0.29) is 22.8 Å². The monoisotopic (exact) mass is 428 g/mol. The van der Waals surface area contributed by atoms with E-state index in [0.29, 0.717) is 11.4 Å². The highest BCUT2D eigenvalue weighted by Crippen LogP contribution is 2.32. The van der Waals surface area contributed by atoms with E-state index in [2.05, 4.69) is 30.5 Å². The van der Waals surface area contributed by atoms with Gasteiger partial charge in [-0.15, -0.1) is 5.10 Å². The van der Waals surface area contributed by atoms with Crippen molar-refractivity contribution in [2.45, 2.75) is 26.2 Å². The molecule has 10 heteroatoms. The van der Waals surface area contributed by atoms with Crippen molar-refractivity contribution in [1.82, 2.24) is 10.2 Å². The number of aliphatic imine (C=N–C) groups is 3. The van der Waals surface area contributed by atoms with Crippen molar-refractivity contribution in [3.63, 3.8) is 0 Å². The van der Waals surface area contributed by atoms with Gasteiger partial charge in [0.25, 0.3) is 5.91 Å². The molecule has 0 saturated heterocycles. The molecule has 3 rings (SSSR count). The first-order valence-corrected chi connectivity index (χ1v) is 9.25. The first-order chi connectivity index (χ1) is 14.7. The molecular formula is C21H19F3N6O. The van der Waals surface area contributed by atoms with E-state index in [1.165, 1.54) is 37.4 Å². The van der Waals surface area contributed by atoms with E-state index >= 15 is 0 Å². The fourth-order valence-electron chi connectivity index (χ4n) is 2.88. The molecule has 0 fully saturated rings. The number of allylic oxidation sites excluding steroid dienone is 1. The minimum Gasteiger partial charge on any atom is -0.304 e. The summed E-state index contributed by atoms with van der Waals surface area (Å²) in [6.45, 7) is 3.40. The molecule has 1 unspecified atom stereocenters. The zero-order valence-electron chi connectivity index (χ0n) is 17.0. The van der Waals surface area contributed by atoms with Gasteiger partial charge in [0.05, 0.1) is 22.7 Å². The number of aryl methyl sites for hydroxylation is 1. The standard InChI is InChI=1S/C21H19F3N6O/c1-12-8-10-18(30-29-12)28-20(31)19-13(2)26-17(27-19)11-9-16(25-3)14-6-4-5-7-15(14)21(22,23)24/h4-11,17H,1-3H3,(H,28,30,31)/b11-9-,25-16?. The SMILES string of the molecule is CN=C(/C=C\C1N=C(C)C(C(=O)Nc2ccc(C)nn2)=N1)c1ccccc1C(F)(F)F. The summed E-state index contributed by atoms with van der Waals surface area (Å²) in [5.41, 5.74) is 0.519. The summed E-state index contributed by atoms with van der Waals surface area (Å²) in [6.07, 6.45) is -2.35. The molecule has 2 heterocycles. The number of amides is 1. The van der Waals surface area contributed by atoms with Gasteiger partial charge in [-0.3, -0.25) is 14.8 Å². The highest BCUT2D eigenvalue weighted by Gasteiger charge is 2.33. The average molecular weight is 428 g/mol. The smallest absolute Gasteiger partial charge is 0.304 e. The van der Waals surface area contributed by atoms with Gasteiger partial charge in [0.2, 0.25) is 0 Å². The van der Waals surface area contributed by atoms with Gasteiger partial charge in [-0.1, -0.05) is 18.2 Å². The van der Waals surface area contributed by atoms with Gasteiger partial charge < -0.3 is 5.32 Å². The number of carbonyl (C=O) groups excluding carboxylic acids is 1. The second kappa shape index (κ2) is 8.99. The predicted molar refractivity (Wildman–Crippen MR) is 113 cm³/mol. The molecule has 0 saturated carbocycles. The Hall–Kier alpha value is -3.69. The van der Waals surface area contributed by atoms with Crippen molar-refractivity contribution in [3.05, 3.63) is 65.4 Å². The Labute approximate surface area is 176 Å². The molecule has 0 bridgehead atoms. The number of anilines is 1. The molecule has 1 aliphatic rings. The Morgan fingerprint density at radius 3 is 2.48 bits per heavy atom. The van der Waals surface area contributed by atoms with Crippen molar-refractivity contribution in [3.8, 4) is 0 Å². The lowest BCUT2D eigenvalue weighted by atomic mass is 10.0. The van der Waals surface area contributed by atoms with Crippen molar-refractivity contribution in [1.29, 1.82) is 0 Å². The summed E-state index contributed by atoms with van der Waals surface area (Å²) in [5, 5.41) is 10.3. The van der Waals surface area contributed by atoms with E-state index in [1.54, 1.807) is 26.0 Å². The minimum absolute atomic E-state index is 0.0488. The normalized spacial score (nSPS) is 17.0. The molecule has 1 aromatic carbocycles. The Morgan fingerprint density at radius 1 is 1.10 bits per heavy atom. The zero-order chi connectivity index (χ0) is 22.6. The molecule has 0 spiro atoms. The van der Waals surface area contributed by atoms with Gasteiger partial charge in [0, 0.05) is 12.6 Å². The van der Waals surface area contributed by atoms with Crippen LogP contribution in [0.4, 0.5) is 19.0 Å². The Kier molecular flexibility index (Phi) is 6.38. The van der Waals surface area contributed by atoms with Gasteiger partial charge >= 0.3 is 6.18 Å². The molecule has 1 amide bonds. The van der Waals surface area contributed by atoms with Crippen LogP contribution >= 0.6 is 0 Å². The predicted octanol–water partition coefficient (Wildman–Crippen LogP) is 3.66. The van der Waals surface area contributed by atoms with Gasteiger partial charge in [-0.25, -0.2) is 4.99 Å². The second-order valence-electron chi connectivity index (χ2n) is 6.63. The number of hydrogen-bond donors (Lipinski definition) is 1. The summed E-state index contributed by atoms with van der Waals surface area (Å²) < 4.78 is 39.9. The minimum atomic E-state index is -4.51. The van der Waals surface area contributed by atoms with E-state index in [0.717, 1.165) is 6.07 Å². The van der Waals surface area contributed by atoms with Crippen molar-refractivity contribution in [2.24, 2.45) is 15.0 Å². The molecule has 7 nitrogen and oxygen atoms in total. The maximum Gasteiger partial charge on any atom is 0.417 e. The molecular weight excluding hydrogens is 409 g/mol. The lowest BCUT2D eigenvalue weighted by Crippen LogP contribution is -2.27. The van der Waals surface area contributed by atoms with E-state index in [4.69, 9.17) is 0 Å². The molecule has 1 N–H and O–H groups in total. The maximum atomic E-state index is 13.3. The third kappa shape index (κ3) is 5.27. The molecule has 1 aliphatic heterocycles. The maximum absolute atomic E-state index is 13.3. The van der Waals surface area contributed by atoms with Crippen LogP contribution in [0.25, 0.3) is 0 Å². The third-order valence-electron chi connectivity index (χ3n) is 4.36. The Bertz CT molecular complexity index is 1100. The topological polar surface area (TPSA) is 92.0 Å². The van der Waals surface area contributed by atoms with E-state index < -0.39 is 23.8 Å².